The van der Waals surface area contributed by atoms with Crippen LogP contribution in [0.5, 0.6) is 0 Å². The highest BCUT2D eigenvalue weighted by atomic mass is 19.4. The first kappa shape index (κ1) is 16.5. The van der Waals surface area contributed by atoms with Crippen LogP contribution in [-0.4, -0.2) is 43.0 Å². The Bertz CT molecular complexity index is 412. The van der Waals surface area contributed by atoms with Crippen molar-refractivity contribution in [2.24, 2.45) is 0 Å². The summed E-state index contributed by atoms with van der Waals surface area (Å²) < 4.78 is 40.1. The molecule has 0 radical (unpaired) electrons. The molecule has 0 aromatic carbocycles. The lowest BCUT2D eigenvalue weighted by atomic mass is 10.3. The molecule has 114 valence electrons. The van der Waals surface area contributed by atoms with Crippen LogP contribution in [0.4, 0.5) is 24.8 Å². The van der Waals surface area contributed by atoms with E-state index in [2.05, 4.69) is 25.3 Å². The van der Waals surface area contributed by atoms with Crippen molar-refractivity contribution in [3.63, 3.8) is 0 Å². The van der Waals surface area contributed by atoms with E-state index in [1.165, 1.54) is 0 Å². The van der Waals surface area contributed by atoms with Gasteiger partial charge < -0.3 is 15.4 Å². The van der Waals surface area contributed by atoms with Crippen molar-refractivity contribution in [2.75, 3.05) is 37.4 Å². The van der Waals surface area contributed by atoms with Crippen molar-refractivity contribution in [2.45, 2.75) is 25.9 Å². The summed E-state index contributed by atoms with van der Waals surface area (Å²) in [6.07, 6.45) is -2.63. The van der Waals surface area contributed by atoms with E-state index in [-0.39, 0.29) is 13.2 Å². The SMILES string of the molecule is CCCc1nc(NC)cc(NCCOCC(F)(F)F)n1. The normalized spacial score (nSPS) is 11.4. The molecule has 0 unspecified atom stereocenters. The quantitative estimate of drug-likeness (QED) is 0.721. The molecule has 1 aromatic rings. The molecule has 0 aliphatic heterocycles. The van der Waals surface area contributed by atoms with Crippen LogP contribution in [0.3, 0.4) is 0 Å². The van der Waals surface area contributed by atoms with Crippen LogP contribution in [0, 0.1) is 0 Å². The number of aryl methyl sites for hydroxylation is 1. The average molecular weight is 292 g/mol. The van der Waals surface area contributed by atoms with Crippen molar-refractivity contribution < 1.29 is 17.9 Å². The number of ether oxygens (including phenoxy) is 1. The minimum absolute atomic E-state index is 0.0402. The van der Waals surface area contributed by atoms with Gasteiger partial charge in [0.2, 0.25) is 0 Å². The van der Waals surface area contributed by atoms with Gasteiger partial charge in [0, 0.05) is 26.1 Å². The predicted molar refractivity (Wildman–Crippen MR) is 70.9 cm³/mol. The second-order valence-electron chi connectivity index (χ2n) is 4.15. The minimum Gasteiger partial charge on any atom is -0.373 e. The van der Waals surface area contributed by atoms with Gasteiger partial charge in [-0.05, 0) is 6.42 Å². The molecule has 0 saturated heterocycles. The van der Waals surface area contributed by atoms with Gasteiger partial charge in [0.25, 0.3) is 0 Å². The fourth-order valence-corrected chi connectivity index (χ4v) is 1.49. The Morgan fingerprint density at radius 1 is 1.25 bits per heavy atom. The molecule has 8 heteroatoms. The smallest absolute Gasteiger partial charge is 0.373 e. The number of rotatable bonds is 8. The Morgan fingerprint density at radius 3 is 2.55 bits per heavy atom. The van der Waals surface area contributed by atoms with Crippen LogP contribution in [0.1, 0.15) is 19.2 Å². The summed E-state index contributed by atoms with van der Waals surface area (Å²) in [5.41, 5.74) is 0. The third-order valence-electron chi connectivity index (χ3n) is 2.32. The third-order valence-corrected chi connectivity index (χ3v) is 2.32. The van der Waals surface area contributed by atoms with Gasteiger partial charge in [-0.15, -0.1) is 0 Å². The molecule has 0 bridgehead atoms. The summed E-state index contributed by atoms with van der Waals surface area (Å²) in [5, 5.41) is 5.84. The van der Waals surface area contributed by atoms with E-state index in [0.29, 0.717) is 17.5 Å². The van der Waals surface area contributed by atoms with Crippen LogP contribution < -0.4 is 10.6 Å². The van der Waals surface area contributed by atoms with Crippen molar-refractivity contribution >= 4 is 11.6 Å². The average Bonchev–Trinajstić information content (AvgIpc) is 2.37. The van der Waals surface area contributed by atoms with Crippen LogP contribution in [0.2, 0.25) is 0 Å². The van der Waals surface area contributed by atoms with Crippen LogP contribution in [0.25, 0.3) is 0 Å². The number of nitrogens with zero attached hydrogens (tertiary/aromatic N) is 2. The van der Waals surface area contributed by atoms with E-state index in [1.54, 1.807) is 13.1 Å². The van der Waals surface area contributed by atoms with E-state index < -0.39 is 12.8 Å². The monoisotopic (exact) mass is 292 g/mol. The molecule has 0 amide bonds. The van der Waals surface area contributed by atoms with Gasteiger partial charge in [0.1, 0.15) is 24.1 Å². The lowest BCUT2D eigenvalue weighted by molar-refractivity contribution is -0.172. The standard InChI is InChI=1S/C12H19F3N4O/c1-3-4-9-18-10(16-2)7-11(19-9)17-5-6-20-8-12(13,14)15/h7H,3-6,8H2,1-2H3,(H2,16,17,18,19). The van der Waals surface area contributed by atoms with Gasteiger partial charge in [-0.2, -0.15) is 13.2 Å². The van der Waals surface area contributed by atoms with Gasteiger partial charge in [-0.1, -0.05) is 6.92 Å². The number of alkyl halides is 3. The fraction of sp³-hybridized carbons (Fsp3) is 0.667. The Balaban J connectivity index is 2.44. The van der Waals surface area contributed by atoms with Gasteiger partial charge in [0.05, 0.1) is 6.61 Å². The first-order valence-electron chi connectivity index (χ1n) is 6.38. The lowest BCUT2D eigenvalue weighted by Gasteiger charge is -2.10. The molecular weight excluding hydrogens is 273 g/mol. The van der Waals surface area contributed by atoms with E-state index in [4.69, 9.17) is 0 Å². The van der Waals surface area contributed by atoms with Crippen molar-refractivity contribution in [3.8, 4) is 0 Å². The highest BCUT2D eigenvalue weighted by Gasteiger charge is 2.27. The minimum atomic E-state index is -4.29. The predicted octanol–water partition coefficient (Wildman–Crippen LogP) is 2.46. The molecule has 0 aliphatic rings. The Labute approximate surface area is 116 Å². The van der Waals surface area contributed by atoms with Gasteiger partial charge in [0.15, 0.2) is 0 Å². The number of hydrogen-bond acceptors (Lipinski definition) is 5. The summed E-state index contributed by atoms with van der Waals surface area (Å²) in [6.45, 7) is 0.998. The van der Waals surface area contributed by atoms with Crippen molar-refractivity contribution in [1.29, 1.82) is 0 Å². The molecule has 0 fully saturated rings. The molecule has 1 aromatic heterocycles. The highest BCUT2D eigenvalue weighted by molar-refractivity contribution is 5.47. The lowest BCUT2D eigenvalue weighted by Crippen LogP contribution is -2.20. The van der Waals surface area contributed by atoms with Gasteiger partial charge in [-0.3, -0.25) is 0 Å². The first-order chi connectivity index (χ1) is 9.44. The van der Waals surface area contributed by atoms with E-state index in [9.17, 15) is 13.2 Å². The van der Waals surface area contributed by atoms with Gasteiger partial charge >= 0.3 is 6.18 Å². The van der Waals surface area contributed by atoms with Crippen molar-refractivity contribution in [3.05, 3.63) is 11.9 Å². The zero-order valence-corrected chi connectivity index (χ0v) is 11.5. The fourth-order valence-electron chi connectivity index (χ4n) is 1.49. The summed E-state index contributed by atoms with van der Waals surface area (Å²) >= 11 is 0. The number of nitrogens with one attached hydrogen (secondary N) is 2. The number of anilines is 2. The van der Waals surface area contributed by atoms with Crippen LogP contribution in [0.15, 0.2) is 6.07 Å². The van der Waals surface area contributed by atoms with E-state index >= 15 is 0 Å². The maximum atomic E-state index is 11.9. The Hall–Kier alpha value is -1.57. The largest absolute Gasteiger partial charge is 0.411 e. The molecule has 1 rings (SSSR count). The third kappa shape index (κ3) is 6.55. The van der Waals surface area contributed by atoms with E-state index in [1.807, 2.05) is 6.92 Å². The molecule has 20 heavy (non-hydrogen) atoms. The number of halogens is 3. The molecule has 2 N–H and O–H groups in total. The second kappa shape index (κ2) is 7.88. The highest BCUT2D eigenvalue weighted by Crippen LogP contribution is 2.14. The Kier molecular flexibility index (Phi) is 6.50. The Morgan fingerprint density at radius 2 is 1.95 bits per heavy atom. The summed E-state index contributed by atoms with van der Waals surface area (Å²) in [6, 6.07) is 1.70. The zero-order valence-electron chi connectivity index (χ0n) is 11.5. The van der Waals surface area contributed by atoms with Crippen LogP contribution in [-0.2, 0) is 11.2 Å². The number of aromatic nitrogens is 2. The summed E-state index contributed by atoms with van der Waals surface area (Å²) in [5.74, 6) is 1.93. The maximum Gasteiger partial charge on any atom is 0.411 e. The summed E-state index contributed by atoms with van der Waals surface area (Å²) in [7, 11) is 1.74. The molecule has 0 saturated carbocycles. The molecule has 5 nitrogen and oxygen atoms in total. The topological polar surface area (TPSA) is 59.1 Å². The van der Waals surface area contributed by atoms with E-state index in [0.717, 1.165) is 12.8 Å². The first-order valence-corrected chi connectivity index (χ1v) is 6.38. The van der Waals surface area contributed by atoms with Gasteiger partial charge in [-0.25, -0.2) is 9.97 Å². The zero-order chi connectivity index (χ0) is 15.0. The summed E-state index contributed by atoms with van der Waals surface area (Å²) in [4.78, 5) is 8.55. The number of hydrogen-bond donors (Lipinski definition) is 2. The molecular formula is C12H19F3N4O. The molecule has 0 atom stereocenters. The second-order valence-corrected chi connectivity index (χ2v) is 4.15. The van der Waals surface area contributed by atoms with Crippen LogP contribution >= 0.6 is 0 Å². The van der Waals surface area contributed by atoms with Crippen molar-refractivity contribution in [1.82, 2.24) is 9.97 Å². The molecule has 0 spiro atoms. The molecule has 0 aliphatic carbocycles. The molecule has 1 heterocycles. The maximum absolute atomic E-state index is 11.9.